The van der Waals surface area contributed by atoms with Crippen LogP contribution in [-0.2, 0) is 0 Å². The molecular weight excluding hydrogens is 308 g/mol. The van der Waals surface area contributed by atoms with Crippen LogP contribution in [0.5, 0.6) is 5.75 Å². The first-order valence-corrected chi connectivity index (χ1v) is 8.11. The molecule has 1 unspecified atom stereocenters. The Hall–Kier alpha value is -2.54. The third-order valence-corrected chi connectivity index (χ3v) is 4.36. The number of aromatic nitrogens is 2. The third kappa shape index (κ3) is 3.68. The van der Waals surface area contributed by atoms with Crippen molar-refractivity contribution in [1.29, 1.82) is 0 Å². The molecule has 7 nitrogen and oxygen atoms in total. The van der Waals surface area contributed by atoms with Crippen molar-refractivity contribution in [2.75, 3.05) is 26.7 Å². The number of H-pyrrole nitrogens is 2. The number of hydrogen-bond donors (Lipinski definition) is 3. The van der Waals surface area contributed by atoms with Gasteiger partial charge in [-0.15, -0.1) is 0 Å². The summed E-state index contributed by atoms with van der Waals surface area (Å²) in [7, 11) is 1.65. The molecule has 0 spiro atoms. The summed E-state index contributed by atoms with van der Waals surface area (Å²) >= 11 is 0. The maximum atomic E-state index is 12.2. The minimum Gasteiger partial charge on any atom is -0.497 e. The number of amides is 1. The predicted molar refractivity (Wildman–Crippen MR) is 90.3 cm³/mol. The zero-order chi connectivity index (χ0) is 16.9. The zero-order valence-electron chi connectivity index (χ0n) is 13.7. The van der Waals surface area contributed by atoms with Crippen molar-refractivity contribution in [3.8, 4) is 5.75 Å². The summed E-state index contributed by atoms with van der Waals surface area (Å²) in [6.45, 7) is 2.50. The van der Waals surface area contributed by atoms with E-state index in [9.17, 15) is 9.59 Å². The highest BCUT2D eigenvalue weighted by Crippen LogP contribution is 2.27. The fourth-order valence-corrected chi connectivity index (χ4v) is 3.10. The number of rotatable bonds is 6. The quantitative estimate of drug-likeness (QED) is 0.744. The van der Waals surface area contributed by atoms with Crippen LogP contribution in [0.3, 0.4) is 0 Å². The third-order valence-electron chi connectivity index (χ3n) is 4.36. The van der Waals surface area contributed by atoms with Crippen LogP contribution in [-0.4, -0.2) is 47.5 Å². The van der Waals surface area contributed by atoms with E-state index in [1.165, 1.54) is 19.0 Å². The number of nitrogens with one attached hydrogen (secondary N) is 3. The Bertz CT molecular complexity index is 746. The molecule has 0 saturated carbocycles. The van der Waals surface area contributed by atoms with E-state index in [2.05, 4.69) is 26.3 Å². The van der Waals surface area contributed by atoms with Crippen LogP contribution in [0.2, 0.25) is 0 Å². The number of nitrogens with zero attached hydrogens (tertiary/aromatic N) is 1. The van der Waals surface area contributed by atoms with E-state index in [0.29, 0.717) is 6.54 Å². The first-order chi connectivity index (χ1) is 11.7. The van der Waals surface area contributed by atoms with E-state index >= 15 is 0 Å². The Labute approximate surface area is 140 Å². The number of imidazole rings is 1. The molecule has 2 aromatic rings. The Morgan fingerprint density at radius 1 is 1.38 bits per heavy atom. The van der Waals surface area contributed by atoms with Gasteiger partial charge in [0.2, 0.25) is 0 Å². The van der Waals surface area contributed by atoms with Crippen molar-refractivity contribution in [3.63, 3.8) is 0 Å². The van der Waals surface area contributed by atoms with Crippen molar-refractivity contribution in [1.82, 2.24) is 20.2 Å². The van der Waals surface area contributed by atoms with E-state index in [0.717, 1.165) is 24.4 Å². The number of aromatic amines is 2. The molecule has 3 rings (SSSR count). The van der Waals surface area contributed by atoms with Crippen molar-refractivity contribution in [2.24, 2.45) is 0 Å². The number of likely N-dealkylation sites (tertiary alicyclic amines) is 1. The molecule has 3 N–H and O–H groups in total. The van der Waals surface area contributed by atoms with Crippen LogP contribution in [0.1, 0.15) is 34.9 Å². The zero-order valence-corrected chi connectivity index (χ0v) is 13.7. The molecule has 1 amide bonds. The summed E-state index contributed by atoms with van der Waals surface area (Å²) in [5.74, 6) is 0.512. The lowest BCUT2D eigenvalue weighted by molar-refractivity contribution is 0.0933. The van der Waals surface area contributed by atoms with E-state index in [4.69, 9.17) is 4.74 Å². The van der Waals surface area contributed by atoms with Gasteiger partial charge in [-0.3, -0.25) is 9.69 Å². The minimum absolute atomic E-state index is 0.0808. The molecule has 1 aromatic carbocycles. The average molecular weight is 330 g/mol. The standard InChI is InChI=1S/C17H22N4O3/c1-24-13-6-4-5-12(9-13)15(21-7-2-3-8-21)11-18-16(22)14-10-19-17(23)20-14/h4-6,9-10,15H,2-3,7-8,11H2,1H3,(H,18,22)(H2,19,20,23). The van der Waals surface area contributed by atoms with Crippen molar-refractivity contribution >= 4 is 5.91 Å². The first kappa shape index (κ1) is 16.3. The monoisotopic (exact) mass is 330 g/mol. The molecular formula is C17H22N4O3. The van der Waals surface area contributed by atoms with Gasteiger partial charge in [-0.25, -0.2) is 4.79 Å². The van der Waals surface area contributed by atoms with E-state index < -0.39 is 0 Å². The summed E-state index contributed by atoms with van der Waals surface area (Å²) in [5, 5.41) is 2.91. The summed E-state index contributed by atoms with van der Waals surface area (Å²) in [4.78, 5) is 30.6. The Morgan fingerprint density at radius 2 is 2.17 bits per heavy atom. The summed E-state index contributed by atoms with van der Waals surface area (Å²) in [6, 6.07) is 8.01. The van der Waals surface area contributed by atoms with Gasteiger partial charge in [0.05, 0.1) is 13.2 Å². The number of ether oxygens (including phenoxy) is 1. The molecule has 0 bridgehead atoms. The summed E-state index contributed by atoms with van der Waals surface area (Å²) in [5.41, 5.74) is 0.967. The van der Waals surface area contributed by atoms with Crippen LogP contribution in [0.4, 0.5) is 0 Å². The maximum absolute atomic E-state index is 12.2. The predicted octanol–water partition coefficient (Wildman–Crippen LogP) is 1.28. The highest BCUT2D eigenvalue weighted by atomic mass is 16.5. The Morgan fingerprint density at radius 3 is 2.83 bits per heavy atom. The van der Waals surface area contributed by atoms with Crippen LogP contribution in [0.25, 0.3) is 0 Å². The lowest BCUT2D eigenvalue weighted by atomic mass is 10.0. The number of carbonyl (C=O) groups is 1. The van der Waals surface area contributed by atoms with Gasteiger partial charge >= 0.3 is 5.69 Å². The van der Waals surface area contributed by atoms with Crippen LogP contribution >= 0.6 is 0 Å². The van der Waals surface area contributed by atoms with E-state index in [-0.39, 0.29) is 23.3 Å². The van der Waals surface area contributed by atoms with Crippen LogP contribution < -0.4 is 15.7 Å². The molecule has 0 aliphatic carbocycles. The topological polar surface area (TPSA) is 90.2 Å². The lowest BCUT2D eigenvalue weighted by Gasteiger charge is -2.28. The van der Waals surface area contributed by atoms with Gasteiger partial charge < -0.3 is 20.0 Å². The van der Waals surface area contributed by atoms with E-state index in [1.54, 1.807) is 7.11 Å². The molecule has 1 aliphatic heterocycles. The molecule has 1 atom stereocenters. The second kappa shape index (κ2) is 7.35. The second-order valence-corrected chi connectivity index (χ2v) is 5.90. The molecule has 1 aliphatic rings. The maximum Gasteiger partial charge on any atom is 0.323 e. The van der Waals surface area contributed by atoms with Gasteiger partial charge in [0, 0.05) is 12.7 Å². The fraction of sp³-hybridized carbons (Fsp3) is 0.412. The van der Waals surface area contributed by atoms with Crippen molar-refractivity contribution < 1.29 is 9.53 Å². The largest absolute Gasteiger partial charge is 0.497 e. The minimum atomic E-state index is -0.385. The van der Waals surface area contributed by atoms with E-state index in [1.807, 2.05) is 18.2 Å². The Balaban J connectivity index is 1.74. The summed E-state index contributed by atoms with van der Waals surface area (Å²) in [6.07, 6.45) is 3.72. The smallest absolute Gasteiger partial charge is 0.323 e. The van der Waals surface area contributed by atoms with Gasteiger partial charge in [-0.1, -0.05) is 12.1 Å². The fourth-order valence-electron chi connectivity index (χ4n) is 3.10. The highest BCUT2D eigenvalue weighted by molar-refractivity contribution is 5.91. The van der Waals surface area contributed by atoms with Crippen LogP contribution in [0.15, 0.2) is 35.3 Å². The second-order valence-electron chi connectivity index (χ2n) is 5.90. The number of carbonyl (C=O) groups excluding carboxylic acids is 1. The molecule has 1 fully saturated rings. The van der Waals surface area contributed by atoms with Gasteiger partial charge in [0.25, 0.3) is 5.91 Å². The molecule has 1 saturated heterocycles. The summed E-state index contributed by atoms with van der Waals surface area (Å²) < 4.78 is 5.32. The molecule has 1 aromatic heterocycles. The molecule has 7 heteroatoms. The van der Waals surface area contributed by atoms with Gasteiger partial charge in [0.15, 0.2) is 0 Å². The number of benzene rings is 1. The highest BCUT2D eigenvalue weighted by Gasteiger charge is 2.24. The first-order valence-electron chi connectivity index (χ1n) is 8.11. The average Bonchev–Trinajstić information content (AvgIpc) is 3.27. The van der Waals surface area contributed by atoms with Gasteiger partial charge in [-0.2, -0.15) is 0 Å². The molecule has 2 heterocycles. The molecule has 128 valence electrons. The number of hydrogen-bond acceptors (Lipinski definition) is 4. The normalized spacial score (nSPS) is 16.0. The van der Waals surface area contributed by atoms with Crippen molar-refractivity contribution in [3.05, 3.63) is 52.2 Å². The van der Waals surface area contributed by atoms with Gasteiger partial charge in [0.1, 0.15) is 11.4 Å². The van der Waals surface area contributed by atoms with Crippen molar-refractivity contribution in [2.45, 2.75) is 18.9 Å². The van der Waals surface area contributed by atoms with Gasteiger partial charge in [-0.05, 0) is 43.6 Å². The molecule has 24 heavy (non-hydrogen) atoms. The Kier molecular flexibility index (Phi) is 5.00. The van der Waals surface area contributed by atoms with Crippen LogP contribution in [0, 0.1) is 0 Å². The molecule has 0 radical (unpaired) electrons. The number of methoxy groups -OCH3 is 1. The lowest BCUT2D eigenvalue weighted by Crippen LogP contribution is -2.37. The SMILES string of the molecule is COc1cccc(C(CNC(=O)c2c[nH]c(=O)[nH]2)N2CCCC2)c1.